The first-order valence-electron chi connectivity index (χ1n) is 4.72. The molecular formula is C11H17NO. The average molecular weight is 179 g/mol. The summed E-state index contributed by atoms with van der Waals surface area (Å²) in [6, 6.07) is 3.99. The highest BCUT2D eigenvalue weighted by atomic mass is 16.5. The second-order valence-corrected chi connectivity index (χ2v) is 3.74. The van der Waals surface area contributed by atoms with Crippen molar-refractivity contribution in [3.63, 3.8) is 0 Å². The van der Waals surface area contributed by atoms with Crippen molar-refractivity contribution in [1.82, 2.24) is 4.98 Å². The summed E-state index contributed by atoms with van der Waals surface area (Å²) in [5.74, 6) is 1.33. The molecule has 13 heavy (non-hydrogen) atoms. The molecule has 72 valence electrons. The summed E-state index contributed by atoms with van der Waals surface area (Å²) >= 11 is 0. The van der Waals surface area contributed by atoms with Crippen molar-refractivity contribution in [2.24, 2.45) is 0 Å². The Morgan fingerprint density at radius 2 is 1.85 bits per heavy atom. The average Bonchev–Trinajstić information content (AvgIpc) is 2.04. The summed E-state index contributed by atoms with van der Waals surface area (Å²) in [5.41, 5.74) is 1.11. The van der Waals surface area contributed by atoms with Gasteiger partial charge in [0.2, 0.25) is 0 Å². The van der Waals surface area contributed by atoms with E-state index >= 15 is 0 Å². The van der Waals surface area contributed by atoms with Gasteiger partial charge < -0.3 is 4.74 Å². The Morgan fingerprint density at radius 3 is 2.23 bits per heavy atom. The molecule has 0 N–H and O–H groups in total. The van der Waals surface area contributed by atoms with Crippen molar-refractivity contribution in [2.75, 3.05) is 0 Å². The number of rotatable bonds is 3. The van der Waals surface area contributed by atoms with Crippen molar-refractivity contribution in [2.45, 2.75) is 39.7 Å². The molecule has 0 amide bonds. The SMILES string of the molecule is CC(C)Oc1ccc(C(C)C)nc1. The fourth-order valence-electron chi connectivity index (χ4n) is 1.08. The molecule has 0 aromatic carbocycles. The predicted molar refractivity (Wildman–Crippen MR) is 54.1 cm³/mol. The third-order valence-corrected chi connectivity index (χ3v) is 1.72. The van der Waals surface area contributed by atoms with Crippen LogP contribution in [0.5, 0.6) is 5.75 Å². The molecule has 0 bridgehead atoms. The minimum absolute atomic E-state index is 0.215. The maximum atomic E-state index is 5.49. The second kappa shape index (κ2) is 4.26. The fourth-order valence-corrected chi connectivity index (χ4v) is 1.08. The molecule has 1 rings (SSSR count). The molecule has 0 aliphatic heterocycles. The van der Waals surface area contributed by atoms with Crippen molar-refractivity contribution in [3.05, 3.63) is 24.0 Å². The van der Waals surface area contributed by atoms with Crippen molar-refractivity contribution in [1.29, 1.82) is 0 Å². The van der Waals surface area contributed by atoms with Crippen LogP contribution < -0.4 is 4.74 Å². The van der Waals surface area contributed by atoms with E-state index in [2.05, 4.69) is 18.8 Å². The third-order valence-electron chi connectivity index (χ3n) is 1.72. The number of hydrogen-bond donors (Lipinski definition) is 0. The van der Waals surface area contributed by atoms with Crippen LogP contribution in [0.4, 0.5) is 0 Å². The maximum Gasteiger partial charge on any atom is 0.137 e. The lowest BCUT2D eigenvalue weighted by molar-refractivity contribution is 0.241. The van der Waals surface area contributed by atoms with E-state index in [9.17, 15) is 0 Å². The van der Waals surface area contributed by atoms with Crippen molar-refractivity contribution >= 4 is 0 Å². The molecule has 1 aromatic rings. The maximum absolute atomic E-state index is 5.49. The molecule has 1 aromatic heterocycles. The van der Waals surface area contributed by atoms with Crippen LogP contribution in [0, 0.1) is 0 Å². The van der Waals surface area contributed by atoms with Gasteiger partial charge in [-0.25, -0.2) is 0 Å². The van der Waals surface area contributed by atoms with E-state index in [1.165, 1.54) is 0 Å². The van der Waals surface area contributed by atoms with Gasteiger partial charge in [-0.2, -0.15) is 0 Å². The van der Waals surface area contributed by atoms with E-state index in [0.717, 1.165) is 11.4 Å². The molecule has 0 atom stereocenters. The van der Waals surface area contributed by atoms with E-state index < -0.39 is 0 Å². The van der Waals surface area contributed by atoms with Crippen LogP contribution in [0.15, 0.2) is 18.3 Å². The summed E-state index contributed by atoms with van der Waals surface area (Å²) < 4.78 is 5.49. The van der Waals surface area contributed by atoms with Gasteiger partial charge in [0.1, 0.15) is 5.75 Å². The van der Waals surface area contributed by atoms with E-state index in [1.54, 1.807) is 6.20 Å². The lowest BCUT2D eigenvalue weighted by atomic mass is 10.1. The topological polar surface area (TPSA) is 22.1 Å². The van der Waals surface area contributed by atoms with Crippen LogP contribution in [0.2, 0.25) is 0 Å². The highest BCUT2D eigenvalue weighted by molar-refractivity contribution is 5.21. The molecule has 0 saturated carbocycles. The fraction of sp³-hybridized carbons (Fsp3) is 0.545. The Labute approximate surface area is 80.0 Å². The molecule has 2 nitrogen and oxygen atoms in total. The molecule has 0 aliphatic rings. The Hall–Kier alpha value is -1.05. The lowest BCUT2D eigenvalue weighted by Gasteiger charge is -2.10. The Balaban J connectivity index is 2.70. The van der Waals surface area contributed by atoms with E-state index in [1.807, 2.05) is 26.0 Å². The first-order valence-corrected chi connectivity index (χ1v) is 4.72. The van der Waals surface area contributed by atoms with Crippen LogP contribution in [0.25, 0.3) is 0 Å². The Bertz CT molecular complexity index is 251. The number of ether oxygens (including phenoxy) is 1. The molecule has 0 saturated heterocycles. The van der Waals surface area contributed by atoms with Crippen LogP contribution in [0.3, 0.4) is 0 Å². The highest BCUT2D eigenvalue weighted by Gasteiger charge is 2.01. The second-order valence-electron chi connectivity index (χ2n) is 3.74. The van der Waals surface area contributed by atoms with E-state index in [-0.39, 0.29) is 6.10 Å². The first-order chi connectivity index (χ1) is 6.09. The monoisotopic (exact) mass is 179 g/mol. The Morgan fingerprint density at radius 1 is 1.15 bits per heavy atom. The van der Waals surface area contributed by atoms with Gasteiger partial charge in [-0.3, -0.25) is 4.98 Å². The summed E-state index contributed by atoms with van der Waals surface area (Å²) in [6.07, 6.45) is 2.00. The van der Waals surface area contributed by atoms with E-state index in [0.29, 0.717) is 5.92 Å². The van der Waals surface area contributed by atoms with Gasteiger partial charge in [-0.15, -0.1) is 0 Å². The van der Waals surface area contributed by atoms with Gasteiger partial charge in [0, 0.05) is 5.69 Å². The molecular weight excluding hydrogens is 162 g/mol. The van der Waals surface area contributed by atoms with Crippen LogP contribution in [-0.4, -0.2) is 11.1 Å². The standard InChI is InChI=1S/C11H17NO/c1-8(2)11-6-5-10(7-12-11)13-9(3)4/h5-9H,1-4H3. The zero-order chi connectivity index (χ0) is 9.84. The van der Waals surface area contributed by atoms with Gasteiger partial charge >= 0.3 is 0 Å². The zero-order valence-electron chi connectivity index (χ0n) is 8.74. The molecule has 0 unspecified atom stereocenters. The highest BCUT2D eigenvalue weighted by Crippen LogP contribution is 2.16. The minimum atomic E-state index is 0.215. The zero-order valence-corrected chi connectivity index (χ0v) is 8.74. The van der Waals surface area contributed by atoms with Crippen LogP contribution in [-0.2, 0) is 0 Å². The summed E-state index contributed by atoms with van der Waals surface area (Å²) in [4.78, 5) is 4.31. The minimum Gasteiger partial charge on any atom is -0.489 e. The smallest absolute Gasteiger partial charge is 0.137 e. The van der Waals surface area contributed by atoms with Crippen molar-refractivity contribution < 1.29 is 4.74 Å². The van der Waals surface area contributed by atoms with Crippen LogP contribution in [0.1, 0.15) is 39.3 Å². The number of aromatic nitrogens is 1. The summed E-state index contributed by atoms with van der Waals surface area (Å²) in [5, 5.41) is 0. The van der Waals surface area contributed by atoms with Gasteiger partial charge in [-0.1, -0.05) is 13.8 Å². The van der Waals surface area contributed by atoms with Crippen LogP contribution >= 0.6 is 0 Å². The molecule has 0 radical (unpaired) electrons. The van der Waals surface area contributed by atoms with Crippen molar-refractivity contribution in [3.8, 4) is 5.75 Å². The quantitative estimate of drug-likeness (QED) is 0.711. The molecule has 0 spiro atoms. The third kappa shape index (κ3) is 3.05. The van der Waals surface area contributed by atoms with Gasteiger partial charge in [0.05, 0.1) is 12.3 Å². The van der Waals surface area contributed by atoms with Gasteiger partial charge in [0.15, 0.2) is 0 Å². The summed E-state index contributed by atoms with van der Waals surface area (Å²) in [7, 11) is 0. The normalized spacial score (nSPS) is 10.9. The Kier molecular flexibility index (Phi) is 3.29. The number of nitrogens with zero attached hydrogens (tertiary/aromatic N) is 1. The lowest BCUT2D eigenvalue weighted by Crippen LogP contribution is -2.06. The van der Waals surface area contributed by atoms with Gasteiger partial charge in [0.25, 0.3) is 0 Å². The number of pyridine rings is 1. The molecule has 2 heteroatoms. The largest absolute Gasteiger partial charge is 0.489 e. The van der Waals surface area contributed by atoms with Gasteiger partial charge in [-0.05, 0) is 31.9 Å². The molecule has 0 fully saturated rings. The summed E-state index contributed by atoms with van der Waals surface area (Å²) in [6.45, 7) is 8.28. The molecule has 0 aliphatic carbocycles. The first kappa shape index (κ1) is 10.0. The molecule has 1 heterocycles. The number of hydrogen-bond acceptors (Lipinski definition) is 2. The predicted octanol–water partition coefficient (Wildman–Crippen LogP) is 2.99. The van der Waals surface area contributed by atoms with E-state index in [4.69, 9.17) is 4.74 Å².